The molecule has 0 unspecified atom stereocenters. The maximum absolute atomic E-state index is 12.6. The first-order valence-electron chi connectivity index (χ1n) is 9.74. The van der Waals surface area contributed by atoms with Crippen LogP contribution >= 0.6 is 0 Å². The lowest BCUT2D eigenvalue weighted by Crippen LogP contribution is -2.46. The quantitative estimate of drug-likeness (QED) is 0.883. The highest BCUT2D eigenvalue weighted by atomic mass is 16.5. The first-order valence-corrected chi connectivity index (χ1v) is 9.74. The highest BCUT2D eigenvalue weighted by Crippen LogP contribution is 2.37. The van der Waals surface area contributed by atoms with Gasteiger partial charge in [0, 0.05) is 31.7 Å². The van der Waals surface area contributed by atoms with Crippen molar-refractivity contribution in [2.24, 2.45) is 0 Å². The molecule has 1 amide bonds. The van der Waals surface area contributed by atoms with E-state index in [0.29, 0.717) is 58.3 Å². The second-order valence-corrected chi connectivity index (χ2v) is 7.40. The van der Waals surface area contributed by atoms with Gasteiger partial charge >= 0.3 is 0 Å². The molecular formula is C22H26N2O4. The molecule has 6 nitrogen and oxygen atoms in total. The van der Waals surface area contributed by atoms with E-state index in [1.807, 2.05) is 17.0 Å². The van der Waals surface area contributed by atoms with Crippen LogP contribution in [0.1, 0.15) is 11.1 Å². The zero-order valence-electron chi connectivity index (χ0n) is 16.2. The van der Waals surface area contributed by atoms with E-state index in [0.717, 1.165) is 16.7 Å². The summed E-state index contributed by atoms with van der Waals surface area (Å²) < 4.78 is 11.1. The summed E-state index contributed by atoms with van der Waals surface area (Å²) in [4.78, 5) is 16.6. The number of carbonyl (C=O) groups is 1. The Kier molecular flexibility index (Phi) is 5.50. The summed E-state index contributed by atoms with van der Waals surface area (Å²) in [5.74, 6) is 0.789. The Morgan fingerprint density at radius 2 is 1.79 bits per heavy atom. The van der Waals surface area contributed by atoms with Gasteiger partial charge in [0.05, 0.1) is 19.8 Å². The van der Waals surface area contributed by atoms with Gasteiger partial charge in [-0.1, -0.05) is 29.8 Å². The number of hydrogen-bond donors (Lipinski definition) is 1. The fourth-order valence-corrected chi connectivity index (χ4v) is 3.70. The van der Waals surface area contributed by atoms with Crippen molar-refractivity contribution in [3.63, 3.8) is 0 Å². The molecule has 2 aromatic rings. The number of rotatable bonds is 3. The molecule has 4 rings (SSSR count). The van der Waals surface area contributed by atoms with E-state index in [2.05, 4.69) is 30.0 Å². The zero-order chi connectivity index (χ0) is 19.5. The predicted octanol–water partition coefficient (Wildman–Crippen LogP) is 2.42. The molecule has 1 fully saturated rings. The van der Waals surface area contributed by atoms with E-state index in [1.54, 1.807) is 6.07 Å². The van der Waals surface area contributed by atoms with Crippen LogP contribution in [0.3, 0.4) is 0 Å². The topological polar surface area (TPSA) is 62.2 Å². The van der Waals surface area contributed by atoms with E-state index in [1.165, 1.54) is 5.56 Å². The SMILES string of the molecule is Cc1ccc(-c2cc(O)c3c(c2)CN(CC(=O)N2CCOCC2)CCO3)cc1. The lowest BCUT2D eigenvalue weighted by Gasteiger charge is -2.29. The molecule has 2 aromatic carbocycles. The van der Waals surface area contributed by atoms with Crippen LogP contribution in [0.15, 0.2) is 36.4 Å². The Labute approximate surface area is 165 Å². The standard InChI is InChI=1S/C22H26N2O4/c1-16-2-4-17(5-3-16)18-12-19-14-23(6-11-28-22(19)20(25)13-18)15-21(26)24-7-9-27-10-8-24/h2-5,12-13,25H,6-11,14-15H2,1H3. The molecule has 0 bridgehead atoms. The Balaban J connectivity index is 1.54. The average molecular weight is 382 g/mol. The zero-order valence-corrected chi connectivity index (χ0v) is 16.2. The number of fused-ring (bicyclic) bond motifs is 1. The number of nitrogens with zero attached hydrogens (tertiary/aromatic N) is 2. The number of hydrogen-bond acceptors (Lipinski definition) is 5. The van der Waals surface area contributed by atoms with Gasteiger partial charge in [0.15, 0.2) is 11.5 Å². The molecule has 2 heterocycles. The molecule has 148 valence electrons. The Morgan fingerprint density at radius 1 is 1.04 bits per heavy atom. The summed E-state index contributed by atoms with van der Waals surface area (Å²) in [6, 6.07) is 12.0. The van der Waals surface area contributed by atoms with E-state index >= 15 is 0 Å². The molecule has 2 aliphatic rings. The molecule has 1 saturated heterocycles. The van der Waals surface area contributed by atoms with Crippen LogP contribution in [0.2, 0.25) is 0 Å². The van der Waals surface area contributed by atoms with Crippen LogP contribution in [0.5, 0.6) is 11.5 Å². The smallest absolute Gasteiger partial charge is 0.236 e. The van der Waals surface area contributed by atoms with E-state index < -0.39 is 0 Å². The maximum Gasteiger partial charge on any atom is 0.236 e. The van der Waals surface area contributed by atoms with Crippen molar-refractivity contribution in [1.29, 1.82) is 0 Å². The third kappa shape index (κ3) is 4.13. The van der Waals surface area contributed by atoms with Crippen molar-refractivity contribution in [1.82, 2.24) is 9.80 Å². The Morgan fingerprint density at radius 3 is 2.54 bits per heavy atom. The van der Waals surface area contributed by atoms with Crippen LogP contribution in [-0.2, 0) is 16.1 Å². The van der Waals surface area contributed by atoms with Gasteiger partial charge < -0.3 is 19.5 Å². The highest BCUT2D eigenvalue weighted by Gasteiger charge is 2.24. The summed E-state index contributed by atoms with van der Waals surface area (Å²) in [5, 5.41) is 10.5. The summed E-state index contributed by atoms with van der Waals surface area (Å²) in [6.07, 6.45) is 0. The Bertz CT molecular complexity index is 844. The van der Waals surface area contributed by atoms with Crippen molar-refractivity contribution >= 4 is 5.91 Å². The second kappa shape index (κ2) is 8.20. The second-order valence-electron chi connectivity index (χ2n) is 7.40. The van der Waals surface area contributed by atoms with E-state index in [9.17, 15) is 9.90 Å². The summed E-state index contributed by atoms with van der Waals surface area (Å²) >= 11 is 0. The van der Waals surface area contributed by atoms with Crippen LogP contribution in [0.25, 0.3) is 11.1 Å². The molecule has 0 radical (unpaired) electrons. The summed E-state index contributed by atoms with van der Waals surface area (Å²) in [6.45, 7) is 6.56. The Hall–Kier alpha value is -2.57. The lowest BCUT2D eigenvalue weighted by atomic mass is 10.0. The third-order valence-electron chi connectivity index (χ3n) is 5.30. The van der Waals surface area contributed by atoms with Gasteiger partial charge in [-0.25, -0.2) is 0 Å². The number of phenolic OH excluding ortho intramolecular Hbond substituents is 1. The first kappa shape index (κ1) is 18.8. The summed E-state index contributed by atoms with van der Waals surface area (Å²) in [5.41, 5.74) is 4.09. The summed E-state index contributed by atoms with van der Waals surface area (Å²) in [7, 11) is 0. The number of ether oxygens (including phenoxy) is 2. The average Bonchev–Trinajstić information content (AvgIpc) is 2.91. The van der Waals surface area contributed by atoms with Crippen LogP contribution in [0.4, 0.5) is 0 Å². The van der Waals surface area contributed by atoms with Crippen molar-refractivity contribution in [3.05, 3.63) is 47.5 Å². The minimum atomic E-state index is 0.116. The van der Waals surface area contributed by atoms with Gasteiger partial charge in [-0.15, -0.1) is 0 Å². The van der Waals surface area contributed by atoms with Gasteiger partial charge in [0.2, 0.25) is 5.91 Å². The van der Waals surface area contributed by atoms with Gasteiger partial charge in [-0.05, 0) is 30.2 Å². The van der Waals surface area contributed by atoms with E-state index in [4.69, 9.17) is 9.47 Å². The van der Waals surface area contributed by atoms with Crippen molar-refractivity contribution in [2.45, 2.75) is 13.5 Å². The molecule has 0 aliphatic carbocycles. The number of carbonyl (C=O) groups excluding carboxylic acids is 1. The number of aromatic hydroxyl groups is 1. The normalized spacial score (nSPS) is 17.5. The molecule has 28 heavy (non-hydrogen) atoms. The van der Waals surface area contributed by atoms with Crippen LogP contribution < -0.4 is 4.74 Å². The first-order chi connectivity index (χ1) is 13.6. The van der Waals surface area contributed by atoms with Crippen molar-refractivity contribution < 1.29 is 19.4 Å². The minimum absolute atomic E-state index is 0.116. The number of phenols is 1. The monoisotopic (exact) mass is 382 g/mol. The molecule has 1 N–H and O–H groups in total. The number of aryl methyl sites for hydroxylation is 1. The predicted molar refractivity (Wildman–Crippen MR) is 106 cm³/mol. The molecule has 6 heteroatoms. The number of benzene rings is 2. The molecular weight excluding hydrogens is 356 g/mol. The number of morpholine rings is 1. The van der Waals surface area contributed by atoms with Crippen molar-refractivity contribution in [2.75, 3.05) is 46.0 Å². The van der Waals surface area contributed by atoms with Crippen LogP contribution in [0, 0.1) is 6.92 Å². The maximum atomic E-state index is 12.6. The number of amides is 1. The minimum Gasteiger partial charge on any atom is -0.504 e. The van der Waals surface area contributed by atoms with Gasteiger partial charge in [0.25, 0.3) is 0 Å². The van der Waals surface area contributed by atoms with E-state index in [-0.39, 0.29) is 11.7 Å². The fraction of sp³-hybridized carbons (Fsp3) is 0.409. The molecule has 0 atom stereocenters. The highest BCUT2D eigenvalue weighted by molar-refractivity contribution is 5.78. The van der Waals surface area contributed by atoms with Crippen LogP contribution in [-0.4, -0.2) is 66.8 Å². The molecule has 0 spiro atoms. The third-order valence-corrected chi connectivity index (χ3v) is 5.30. The lowest BCUT2D eigenvalue weighted by molar-refractivity contribution is -0.136. The fourth-order valence-electron chi connectivity index (χ4n) is 3.70. The molecule has 0 saturated carbocycles. The molecule has 2 aliphatic heterocycles. The van der Waals surface area contributed by atoms with Gasteiger partial charge in [-0.2, -0.15) is 0 Å². The molecule has 0 aromatic heterocycles. The largest absolute Gasteiger partial charge is 0.504 e. The van der Waals surface area contributed by atoms with Gasteiger partial charge in [-0.3, -0.25) is 9.69 Å². The van der Waals surface area contributed by atoms with Gasteiger partial charge in [0.1, 0.15) is 6.61 Å². The van der Waals surface area contributed by atoms with Crippen molar-refractivity contribution in [3.8, 4) is 22.6 Å².